The van der Waals surface area contributed by atoms with Crippen LogP contribution in [0.3, 0.4) is 0 Å². The molecule has 1 amide bonds. The maximum atomic E-state index is 11.4. The van der Waals surface area contributed by atoms with Crippen LogP contribution in [0.4, 0.5) is 11.4 Å². The van der Waals surface area contributed by atoms with Crippen LogP contribution in [0.25, 0.3) is 0 Å². The summed E-state index contributed by atoms with van der Waals surface area (Å²) in [7, 11) is 0. The van der Waals surface area contributed by atoms with E-state index >= 15 is 0 Å². The molecule has 0 spiro atoms. The Morgan fingerprint density at radius 3 is 2.55 bits per heavy atom. The standard InChI is InChI=1S/C16H21ClN2O/c17-13-10-14-11(9-16(20)19-14)8-15(13)18-12-6-4-2-1-3-5-7-12/h8,10,12,18H,1-7,9H2,(H,19,20). The average Bonchev–Trinajstić information content (AvgIpc) is 2.72. The van der Waals surface area contributed by atoms with Crippen LogP contribution in [0, 0.1) is 0 Å². The van der Waals surface area contributed by atoms with Crippen LogP contribution < -0.4 is 10.6 Å². The second-order valence-corrected chi connectivity index (χ2v) is 6.31. The minimum absolute atomic E-state index is 0.0548. The topological polar surface area (TPSA) is 41.1 Å². The Hall–Kier alpha value is -1.22. The van der Waals surface area contributed by atoms with Crippen molar-refractivity contribution in [3.63, 3.8) is 0 Å². The molecule has 0 saturated heterocycles. The lowest BCUT2D eigenvalue weighted by Gasteiger charge is -2.23. The van der Waals surface area contributed by atoms with Crippen molar-refractivity contribution in [2.45, 2.75) is 57.4 Å². The maximum absolute atomic E-state index is 11.4. The lowest BCUT2D eigenvalue weighted by molar-refractivity contribution is -0.115. The molecule has 2 N–H and O–H groups in total. The molecule has 1 heterocycles. The third-order valence-electron chi connectivity index (χ3n) is 4.28. The van der Waals surface area contributed by atoms with E-state index in [1.54, 1.807) is 0 Å². The van der Waals surface area contributed by atoms with Crippen LogP contribution in [0.1, 0.15) is 50.5 Å². The summed E-state index contributed by atoms with van der Waals surface area (Å²) in [6.45, 7) is 0. The Morgan fingerprint density at radius 2 is 1.80 bits per heavy atom. The summed E-state index contributed by atoms with van der Waals surface area (Å²) in [6.07, 6.45) is 9.53. The van der Waals surface area contributed by atoms with Gasteiger partial charge in [0.25, 0.3) is 0 Å². The van der Waals surface area contributed by atoms with Gasteiger partial charge in [-0.2, -0.15) is 0 Å². The van der Waals surface area contributed by atoms with Gasteiger partial charge in [0.2, 0.25) is 5.91 Å². The van der Waals surface area contributed by atoms with Gasteiger partial charge < -0.3 is 10.6 Å². The number of halogens is 1. The molecular formula is C16H21ClN2O. The average molecular weight is 293 g/mol. The van der Waals surface area contributed by atoms with E-state index in [4.69, 9.17) is 11.6 Å². The molecule has 1 aromatic rings. The first-order valence-electron chi connectivity index (χ1n) is 7.61. The normalized spacial score (nSPS) is 19.9. The molecule has 1 fully saturated rings. The third-order valence-corrected chi connectivity index (χ3v) is 4.60. The Labute approximate surface area is 125 Å². The van der Waals surface area contributed by atoms with Crippen molar-refractivity contribution in [1.29, 1.82) is 0 Å². The second-order valence-electron chi connectivity index (χ2n) is 5.90. The number of benzene rings is 1. The molecule has 3 rings (SSSR count). The molecule has 1 aliphatic heterocycles. The van der Waals surface area contributed by atoms with E-state index in [-0.39, 0.29) is 5.91 Å². The fourth-order valence-corrected chi connectivity index (χ4v) is 3.40. The highest BCUT2D eigenvalue weighted by atomic mass is 35.5. The zero-order valence-corrected chi connectivity index (χ0v) is 12.4. The molecule has 0 bridgehead atoms. The maximum Gasteiger partial charge on any atom is 0.228 e. The van der Waals surface area contributed by atoms with Gasteiger partial charge in [-0.25, -0.2) is 0 Å². The molecule has 0 unspecified atom stereocenters. The predicted molar refractivity (Wildman–Crippen MR) is 83.5 cm³/mol. The summed E-state index contributed by atoms with van der Waals surface area (Å²) in [5.74, 6) is 0.0548. The number of anilines is 2. The first-order chi connectivity index (χ1) is 9.72. The zero-order chi connectivity index (χ0) is 13.9. The summed E-state index contributed by atoms with van der Waals surface area (Å²) >= 11 is 6.33. The summed E-state index contributed by atoms with van der Waals surface area (Å²) in [4.78, 5) is 11.4. The van der Waals surface area contributed by atoms with E-state index in [1.165, 1.54) is 44.9 Å². The lowest BCUT2D eigenvalue weighted by atomic mass is 9.96. The van der Waals surface area contributed by atoms with Gasteiger partial charge in [-0.15, -0.1) is 0 Å². The summed E-state index contributed by atoms with van der Waals surface area (Å²) < 4.78 is 0. The van der Waals surface area contributed by atoms with Gasteiger partial charge in [-0.3, -0.25) is 4.79 Å². The molecule has 108 valence electrons. The molecule has 3 nitrogen and oxygen atoms in total. The van der Waals surface area contributed by atoms with Crippen LogP contribution in [-0.4, -0.2) is 11.9 Å². The highest BCUT2D eigenvalue weighted by Gasteiger charge is 2.20. The van der Waals surface area contributed by atoms with Crippen molar-refractivity contribution in [2.24, 2.45) is 0 Å². The van der Waals surface area contributed by atoms with E-state index < -0.39 is 0 Å². The van der Waals surface area contributed by atoms with E-state index in [0.717, 1.165) is 16.9 Å². The van der Waals surface area contributed by atoms with Crippen molar-refractivity contribution in [1.82, 2.24) is 0 Å². The predicted octanol–water partition coefficient (Wildman–Crippen LogP) is 4.36. The lowest BCUT2D eigenvalue weighted by Crippen LogP contribution is -2.20. The van der Waals surface area contributed by atoms with Crippen molar-refractivity contribution >= 4 is 28.9 Å². The number of nitrogens with one attached hydrogen (secondary N) is 2. The van der Waals surface area contributed by atoms with Crippen LogP contribution >= 0.6 is 11.6 Å². The summed E-state index contributed by atoms with van der Waals surface area (Å²) in [5.41, 5.74) is 2.89. The zero-order valence-electron chi connectivity index (χ0n) is 11.7. The van der Waals surface area contributed by atoms with Gasteiger partial charge in [0, 0.05) is 11.7 Å². The van der Waals surface area contributed by atoms with Gasteiger partial charge >= 0.3 is 0 Å². The molecular weight excluding hydrogens is 272 g/mol. The van der Waals surface area contributed by atoms with Crippen LogP contribution in [0.2, 0.25) is 5.02 Å². The first-order valence-corrected chi connectivity index (χ1v) is 7.99. The van der Waals surface area contributed by atoms with Crippen molar-refractivity contribution in [3.05, 3.63) is 22.7 Å². The van der Waals surface area contributed by atoms with Gasteiger partial charge in [0.15, 0.2) is 0 Å². The van der Waals surface area contributed by atoms with E-state index in [2.05, 4.69) is 10.6 Å². The second kappa shape index (κ2) is 6.04. The number of hydrogen-bond acceptors (Lipinski definition) is 2. The van der Waals surface area contributed by atoms with Crippen molar-refractivity contribution in [3.8, 4) is 0 Å². The number of amides is 1. The largest absolute Gasteiger partial charge is 0.381 e. The van der Waals surface area contributed by atoms with E-state index in [1.807, 2.05) is 12.1 Å². The number of carbonyl (C=O) groups is 1. The Bertz CT molecular complexity index is 507. The van der Waals surface area contributed by atoms with Gasteiger partial charge in [0.1, 0.15) is 0 Å². The molecule has 0 radical (unpaired) electrons. The molecule has 20 heavy (non-hydrogen) atoms. The highest BCUT2D eigenvalue weighted by molar-refractivity contribution is 6.33. The Kier molecular flexibility index (Phi) is 4.16. The van der Waals surface area contributed by atoms with Crippen LogP contribution in [-0.2, 0) is 11.2 Å². The smallest absolute Gasteiger partial charge is 0.228 e. The first kappa shape index (κ1) is 13.7. The monoisotopic (exact) mass is 292 g/mol. The van der Waals surface area contributed by atoms with E-state index in [9.17, 15) is 4.79 Å². The number of rotatable bonds is 2. The van der Waals surface area contributed by atoms with Gasteiger partial charge in [-0.05, 0) is 30.5 Å². The van der Waals surface area contributed by atoms with Crippen LogP contribution in [0.5, 0.6) is 0 Å². The van der Waals surface area contributed by atoms with Crippen molar-refractivity contribution < 1.29 is 4.79 Å². The SMILES string of the molecule is O=C1Cc2cc(NC3CCCCCCC3)c(Cl)cc2N1. The van der Waals surface area contributed by atoms with Crippen LogP contribution in [0.15, 0.2) is 12.1 Å². The molecule has 2 aliphatic rings. The summed E-state index contributed by atoms with van der Waals surface area (Å²) in [5, 5.41) is 7.13. The molecule has 0 aromatic heterocycles. The fraction of sp³-hybridized carbons (Fsp3) is 0.562. The molecule has 1 saturated carbocycles. The highest BCUT2D eigenvalue weighted by Crippen LogP contribution is 2.34. The Morgan fingerprint density at radius 1 is 1.10 bits per heavy atom. The third kappa shape index (κ3) is 3.09. The van der Waals surface area contributed by atoms with Crippen molar-refractivity contribution in [2.75, 3.05) is 10.6 Å². The molecule has 1 aromatic carbocycles. The van der Waals surface area contributed by atoms with Gasteiger partial charge in [-0.1, -0.05) is 43.7 Å². The molecule has 0 atom stereocenters. The minimum Gasteiger partial charge on any atom is -0.381 e. The van der Waals surface area contributed by atoms with E-state index in [0.29, 0.717) is 17.5 Å². The van der Waals surface area contributed by atoms with Gasteiger partial charge in [0.05, 0.1) is 17.1 Å². The number of fused-ring (bicyclic) bond motifs is 1. The summed E-state index contributed by atoms with van der Waals surface area (Å²) in [6, 6.07) is 4.41. The quantitative estimate of drug-likeness (QED) is 0.850. The Balaban J connectivity index is 1.73. The number of carbonyl (C=O) groups excluding carboxylic acids is 1. The molecule has 1 aliphatic carbocycles. The fourth-order valence-electron chi connectivity index (χ4n) is 3.18. The number of hydrogen-bond donors (Lipinski definition) is 2. The molecule has 4 heteroatoms. The minimum atomic E-state index is 0.0548.